The Labute approximate surface area is 214 Å². The van der Waals surface area contributed by atoms with Crippen LogP contribution in [0.5, 0.6) is 5.75 Å². The van der Waals surface area contributed by atoms with Gasteiger partial charge in [0.05, 0.1) is 40.1 Å². The predicted octanol–water partition coefficient (Wildman–Crippen LogP) is 5.53. The van der Waals surface area contributed by atoms with Crippen LogP contribution in [0.3, 0.4) is 0 Å². The molecule has 11 heteroatoms. The van der Waals surface area contributed by atoms with Crippen molar-refractivity contribution in [2.45, 2.75) is 19.9 Å². The monoisotopic (exact) mass is 530 g/mol. The normalized spacial score (nSPS) is 11.8. The summed E-state index contributed by atoms with van der Waals surface area (Å²) < 4.78 is 6.50. The molecule has 0 saturated carbocycles. The number of fused-ring (bicyclic) bond motifs is 1. The van der Waals surface area contributed by atoms with Crippen LogP contribution in [0, 0.1) is 6.92 Å². The largest absolute Gasteiger partial charge is 0.495 e. The maximum atomic E-state index is 13.3. The summed E-state index contributed by atoms with van der Waals surface area (Å²) in [6, 6.07) is 10.8. The highest BCUT2D eigenvalue weighted by atomic mass is 35.5. The van der Waals surface area contributed by atoms with E-state index in [0.29, 0.717) is 42.4 Å². The lowest BCUT2D eigenvalue weighted by atomic mass is 10.2. The Morgan fingerprint density at radius 3 is 2.60 bits per heavy atom. The molecule has 4 aromatic rings. The number of halogens is 2. The highest BCUT2D eigenvalue weighted by molar-refractivity contribution is 7.20. The van der Waals surface area contributed by atoms with E-state index in [1.807, 2.05) is 0 Å². The summed E-state index contributed by atoms with van der Waals surface area (Å²) in [5, 5.41) is 6.50. The molecule has 180 valence electrons. The second kappa shape index (κ2) is 10.1. The minimum Gasteiger partial charge on any atom is -0.495 e. The summed E-state index contributed by atoms with van der Waals surface area (Å²) in [5.41, 5.74) is 0.891. The molecule has 1 unspecified atom stereocenters. The van der Waals surface area contributed by atoms with Gasteiger partial charge in [-0.05, 0) is 49.7 Å². The number of hydrogen-bond donors (Lipinski definition) is 2. The van der Waals surface area contributed by atoms with E-state index in [-0.39, 0.29) is 11.3 Å². The fraction of sp³-hybridized carbons (Fsp3) is 0.167. The van der Waals surface area contributed by atoms with Gasteiger partial charge in [0.1, 0.15) is 16.6 Å². The number of ether oxygens (including phenoxy) is 1. The number of hydrogen-bond acceptors (Lipinski definition) is 6. The molecular formula is C24H20Cl2N4O4S. The van der Waals surface area contributed by atoms with Crippen LogP contribution in [0.1, 0.15) is 28.2 Å². The van der Waals surface area contributed by atoms with E-state index in [1.54, 1.807) is 50.2 Å². The minimum absolute atomic E-state index is 0.281. The van der Waals surface area contributed by atoms with E-state index in [1.165, 1.54) is 24.1 Å². The van der Waals surface area contributed by atoms with Gasteiger partial charge in [-0.1, -0.05) is 35.3 Å². The minimum atomic E-state index is -0.903. The van der Waals surface area contributed by atoms with Gasteiger partial charge in [-0.15, -0.1) is 11.3 Å². The van der Waals surface area contributed by atoms with E-state index < -0.39 is 17.5 Å². The quantitative estimate of drug-likeness (QED) is 0.341. The first-order valence-electron chi connectivity index (χ1n) is 10.4. The van der Waals surface area contributed by atoms with Gasteiger partial charge in [-0.25, -0.2) is 4.98 Å². The molecule has 8 nitrogen and oxygen atoms in total. The predicted molar refractivity (Wildman–Crippen MR) is 139 cm³/mol. The number of nitrogens with one attached hydrogen (secondary N) is 2. The third-order valence-corrected chi connectivity index (χ3v) is 7.18. The smallest absolute Gasteiger partial charge is 0.266 e. The summed E-state index contributed by atoms with van der Waals surface area (Å²) >= 11 is 13.2. The molecule has 0 spiro atoms. The van der Waals surface area contributed by atoms with Crippen molar-refractivity contribution in [2.24, 2.45) is 0 Å². The summed E-state index contributed by atoms with van der Waals surface area (Å²) in [5.74, 6) is -0.346. The summed E-state index contributed by atoms with van der Waals surface area (Å²) in [4.78, 5) is 44.2. The Bertz CT molecular complexity index is 1520. The zero-order valence-corrected chi connectivity index (χ0v) is 21.2. The lowest BCUT2D eigenvalue weighted by Gasteiger charge is -2.15. The zero-order valence-electron chi connectivity index (χ0n) is 18.9. The lowest BCUT2D eigenvalue weighted by molar-refractivity contribution is -0.118. The van der Waals surface area contributed by atoms with Crippen LogP contribution in [0.15, 0.2) is 53.6 Å². The molecule has 0 bridgehead atoms. The van der Waals surface area contributed by atoms with Gasteiger partial charge in [-0.2, -0.15) is 0 Å². The molecule has 35 heavy (non-hydrogen) atoms. The molecule has 0 aliphatic heterocycles. The van der Waals surface area contributed by atoms with Crippen LogP contribution in [0.25, 0.3) is 10.2 Å². The second-order valence-corrected chi connectivity index (χ2v) is 9.48. The third-order valence-electron chi connectivity index (χ3n) is 5.42. The first-order valence-corrected chi connectivity index (χ1v) is 12.0. The van der Waals surface area contributed by atoms with Gasteiger partial charge in [0.2, 0.25) is 5.91 Å². The van der Waals surface area contributed by atoms with E-state index in [2.05, 4.69) is 15.6 Å². The van der Waals surface area contributed by atoms with Crippen molar-refractivity contribution in [3.05, 3.63) is 79.6 Å². The molecule has 0 fully saturated rings. The molecule has 4 rings (SSSR count). The molecule has 2 amide bonds. The van der Waals surface area contributed by atoms with Crippen molar-refractivity contribution < 1.29 is 14.3 Å². The number of methoxy groups -OCH3 is 1. The van der Waals surface area contributed by atoms with Gasteiger partial charge in [-0.3, -0.25) is 19.0 Å². The molecular weight excluding hydrogens is 511 g/mol. The number of carbonyl (C=O) groups is 2. The van der Waals surface area contributed by atoms with E-state index in [9.17, 15) is 14.4 Å². The van der Waals surface area contributed by atoms with Crippen LogP contribution < -0.4 is 20.9 Å². The number of aromatic nitrogens is 2. The molecule has 0 saturated heterocycles. The second-order valence-electron chi connectivity index (χ2n) is 7.64. The SMILES string of the molecule is COc1ccccc1NC(=O)c1sc2ncn(C(C)C(=O)Nc3cc(Cl)ccc3Cl)c(=O)c2c1C. The van der Waals surface area contributed by atoms with Crippen molar-refractivity contribution in [3.63, 3.8) is 0 Å². The van der Waals surface area contributed by atoms with E-state index >= 15 is 0 Å². The number of nitrogens with zero attached hydrogens (tertiary/aromatic N) is 2. The topological polar surface area (TPSA) is 102 Å². The molecule has 2 aromatic heterocycles. The highest BCUT2D eigenvalue weighted by Gasteiger charge is 2.24. The Hall–Kier alpha value is -3.40. The summed E-state index contributed by atoms with van der Waals surface area (Å²) in [6.07, 6.45) is 1.30. The molecule has 0 aliphatic carbocycles. The van der Waals surface area contributed by atoms with Gasteiger partial charge in [0, 0.05) is 5.02 Å². The molecule has 2 aromatic carbocycles. The van der Waals surface area contributed by atoms with Crippen molar-refractivity contribution in [2.75, 3.05) is 17.7 Å². The van der Waals surface area contributed by atoms with Gasteiger partial charge >= 0.3 is 0 Å². The van der Waals surface area contributed by atoms with E-state index in [4.69, 9.17) is 27.9 Å². The average molecular weight is 531 g/mol. The van der Waals surface area contributed by atoms with Crippen LogP contribution in [0.2, 0.25) is 10.0 Å². The fourth-order valence-electron chi connectivity index (χ4n) is 3.51. The Balaban J connectivity index is 1.64. The maximum absolute atomic E-state index is 13.3. The zero-order chi connectivity index (χ0) is 25.3. The van der Waals surface area contributed by atoms with E-state index in [0.717, 1.165) is 11.3 Å². The Morgan fingerprint density at radius 1 is 1.11 bits per heavy atom. The van der Waals surface area contributed by atoms with Gasteiger partial charge < -0.3 is 15.4 Å². The number of benzene rings is 2. The number of aryl methyl sites for hydroxylation is 1. The first-order chi connectivity index (χ1) is 16.7. The molecule has 2 heterocycles. The van der Waals surface area contributed by atoms with Crippen molar-refractivity contribution in [1.82, 2.24) is 9.55 Å². The first kappa shape index (κ1) is 24.7. The molecule has 0 radical (unpaired) electrons. The number of anilines is 2. The summed E-state index contributed by atoms with van der Waals surface area (Å²) in [6.45, 7) is 3.25. The number of amides is 2. The molecule has 0 aliphatic rings. The van der Waals surface area contributed by atoms with Crippen LogP contribution in [-0.2, 0) is 4.79 Å². The third kappa shape index (κ3) is 4.88. The maximum Gasteiger partial charge on any atom is 0.266 e. The lowest BCUT2D eigenvalue weighted by Crippen LogP contribution is -2.31. The van der Waals surface area contributed by atoms with Crippen LogP contribution in [0.4, 0.5) is 11.4 Å². The molecule has 2 N–H and O–H groups in total. The number of para-hydroxylation sites is 2. The van der Waals surface area contributed by atoms with Gasteiger partial charge in [0.15, 0.2) is 0 Å². The average Bonchev–Trinajstić information content (AvgIpc) is 3.18. The van der Waals surface area contributed by atoms with Crippen molar-refractivity contribution in [1.29, 1.82) is 0 Å². The van der Waals surface area contributed by atoms with Crippen LogP contribution >= 0.6 is 34.5 Å². The Kier molecular flexibility index (Phi) is 7.11. The Morgan fingerprint density at radius 2 is 1.86 bits per heavy atom. The standard InChI is InChI=1S/C24H20Cl2N4O4S/c1-12-19-23(35-20(12)22(32)28-16-6-4-5-7-18(16)34-3)27-11-30(24(19)33)13(2)21(31)29-17-10-14(25)8-9-15(17)26/h4-11,13H,1-3H3,(H,28,32)(H,29,31). The number of thiophene rings is 1. The van der Waals surface area contributed by atoms with Gasteiger partial charge in [0.25, 0.3) is 11.5 Å². The summed E-state index contributed by atoms with van der Waals surface area (Å²) in [7, 11) is 1.51. The molecule has 1 atom stereocenters. The van der Waals surface area contributed by atoms with Crippen molar-refractivity contribution in [3.8, 4) is 5.75 Å². The van der Waals surface area contributed by atoms with Crippen molar-refractivity contribution >= 4 is 67.9 Å². The van der Waals surface area contributed by atoms with Crippen LogP contribution in [-0.4, -0.2) is 28.5 Å². The number of rotatable bonds is 6. The number of carbonyl (C=O) groups excluding carboxylic acids is 2. The fourth-order valence-corrected chi connectivity index (χ4v) is 4.88. The highest BCUT2D eigenvalue weighted by Crippen LogP contribution is 2.30.